The van der Waals surface area contributed by atoms with Crippen molar-refractivity contribution in [2.24, 2.45) is 0 Å². The number of aromatic hydroxyl groups is 1. The predicted octanol–water partition coefficient (Wildman–Crippen LogP) is 5.69. The third-order valence-corrected chi connectivity index (χ3v) is 3.94. The quantitative estimate of drug-likeness (QED) is 0.449. The number of unbranched alkanes of at least 4 members (excludes halogenated alkanes) is 2. The van der Waals surface area contributed by atoms with E-state index in [2.05, 4.69) is 53.9 Å². The highest BCUT2D eigenvalue weighted by atomic mass is 16.3. The Morgan fingerprint density at radius 1 is 0.885 bits per heavy atom. The number of allylic oxidation sites excluding steroid dienone is 4. The van der Waals surface area contributed by atoms with Crippen LogP contribution in [-0.4, -0.2) is 18.7 Å². The van der Waals surface area contributed by atoms with E-state index in [1.54, 1.807) is 6.07 Å². The third kappa shape index (κ3) is 11.3. The van der Waals surface area contributed by atoms with Crippen LogP contribution in [0.4, 0.5) is 0 Å². The molecule has 2 N–H and O–H groups in total. The van der Waals surface area contributed by atoms with Crippen LogP contribution >= 0.6 is 0 Å². The summed E-state index contributed by atoms with van der Waals surface area (Å²) < 4.78 is 0. The molecule has 0 unspecified atom stereocenters. The number of hydrogen-bond donors (Lipinski definition) is 2. The number of benzene rings is 2. The van der Waals surface area contributed by atoms with Crippen LogP contribution in [0.15, 0.2) is 78.9 Å². The lowest BCUT2D eigenvalue weighted by atomic mass is 10.1. The normalized spacial score (nSPS) is 10.8. The van der Waals surface area contributed by atoms with E-state index in [-0.39, 0.29) is 0 Å². The lowest BCUT2D eigenvalue weighted by molar-refractivity contribution is 0.474. The zero-order valence-corrected chi connectivity index (χ0v) is 16.2. The second kappa shape index (κ2) is 15.0. The van der Waals surface area contributed by atoms with Gasteiger partial charge in [-0.15, -0.1) is 0 Å². The Morgan fingerprint density at radius 3 is 2.35 bits per heavy atom. The first-order valence-electron chi connectivity index (χ1n) is 9.50. The van der Waals surface area contributed by atoms with E-state index in [0.29, 0.717) is 5.75 Å². The second-order valence-corrected chi connectivity index (χ2v) is 6.21. The third-order valence-electron chi connectivity index (χ3n) is 3.94. The first-order valence-corrected chi connectivity index (χ1v) is 9.50. The maximum absolute atomic E-state index is 9.29. The fraction of sp³-hybridized carbons (Fsp3) is 0.333. The van der Waals surface area contributed by atoms with Crippen molar-refractivity contribution < 1.29 is 5.11 Å². The SMILES string of the molecule is C/C=C\C=C\CCCCc1cccc(O)c1.CNCCc1ccccc1. The summed E-state index contributed by atoms with van der Waals surface area (Å²) in [6.45, 7) is 3.08. The number of phenolic OH excluding ortho intramolecular Hbond substituents is 1. The van der Waals surface area contributed by atoms with Crippen molar-refractivity contribution in [3.8, 4) is 5.75 Å². The van der Waals surface area contributed by atoms with Gasteiger partial charge in [0.25, 0.3) is 0 Å². The van der Waals surface area contributed by atoms with Crippen LogP contribution in [0.1, 0.15) is 37.3 Å². The van der Waals surface area contributed by atoms with Crippen LogP contribution in [-0.2, 0) is 12.8 Å². The average molecular weight is 352 g/mol. The molecule has 0 atom stereocenters. The molecule has 0 spiro atoms. The van der Waals surface area contributed by atoms with Gasteiger partial charge in [-0.25, -0.2) is 0 Å². The van der Waals surface area contributed by atoms with Crippen LogP contribution in [0.3, 0.4) is 0 Å². The van der Waals surface area contributed by atoms with Gasteiger partial charge in [-0.3, -0.25) is 0 Å². The molecule has 2 aromatic carbocycles. The summed E-state index contributed by atoms with van der Waals surface area (Å²) in [6, 6.07) is 18.0. The van der Waals surface area contributed by atoms with Crippen LogP contribution in [0.2, 0.25) is 0 Å². The number of nitrogens with one attached hydrogen (secondary N) is 1. The van der Waals surface area contributed by atoms with Gasteiger partial charge in [0.15, 0.2) is 0 Å². The first-order chi connectivity index (χ1) is 12.8. The molecule has 2 rings (SSSR count). The topological polar surface area (TPSA) is 32.3 Å². The largest absolute Gasteiger partial charge is 0.508 e. The maximum atomic E-state index is 9.29. The van der Waals surface area contributed by atoms with Gasteiger partial charge >= 0.3 is 0 Å². The summed E-state index contributed by atoms with van der Waals surface area (Å²) in [6.07, 6.45) is 14.0. The first kappa shape index (κ1) is 21.7. The number of hydrogen-bond acceptors (Lipinski definition) is 2. The Labute approximate surface area is 159 Å². The van der Waals surface area contributed by atoms with E-state index in [1.807, 2.05) is 38.2 Å². The summed E-state index contributed by atoms with van der Waals surface area (Å²) >= 11 is 0. The van der Waals surface area contributed by atoms with Crippen molar-refractivity contribution in [1.82, 2.24) is 5.32 Å². The summed E-state index contributed by atoms with van der Waals surface area (Å²) in [4.78, 5) is 0. The maximum Gasteiger partial charge on any atom is 0.115 e. The molecule has 2 aromatic rings. The zero-order valence-electron chi connectivity index (χ0n) is 16.2. The minimum absolute atomic E-state index is 0.366. The molecular weight excluding hydrogens is 318 g/mol. The van der Waals surface area contributed by atoms with Crippen molar-refractivity contribution in [3.05, 3.63) is 90.0 Å². The predicted molar refractivity (Wildman–Crippen MR) is 114 cm³/mol. The van der Waals surface area contributed by atoms with Crippen LogP contribution in [0, 0.1) is 0 Å². The second-order valence-electron chi connectivity index (χ2n) is 6.21. The molecule has 0 aromatic heterocycles. The molecule has 0 bridgehead atoms. The molecule has 0 aliphatic heterocycles. The number of phenols is 1. The smallest absolute Gasteiger partial charge is 0.115 e. The van der Waals surface area contributed by atoms with Crippen LogP contribution in [0.25, 0.3) is 0 Å². The highest BCUT2D eigenvalue weighted by Gasteiger charge is 1.94. The van der Waals surface area contributed by atoms with Gasteiger partial charge in [0.05, 0.1) is 0 Å². The van der Waals surface area contributed by atoms with E-state index in [0.717, 1.165) is 25.8 Å². The molecule has 0 aliphatic carbocycles. The van der Waals surface area contributed by atoms with Crippen molar-refractivity contribution in [3.63, 3.8) is 0 Å². The Balaban J connectivity index is 0.000000289. The van der Waals surface area contributed by atoms with Crippen LogP contribution < -0.4 is 5.32 Å². The van der Waals surface area contributed by atoms with Crippen molar-refractivity contribution in [1.29, 1.82) is 0 Å². The molecule has 0 radical (unpaired) electrons. The number of likely N-dealkylation sites (N-methyl/N-ethyl adjacent to an activating group) is 1. The standard InChI is InChI=1S/C15H20O.C9H13N/c1-2-3-4-5-6-7-8-10-14-11-9-12-15(16)13-14;1-10-8-7-9-5-3-2-4-6-9/h2-5,9,11-13,16H,6-8,10H2,1H3;2-6,10H,7-8H2,1H3/b3-2-,5-4+;. The van der Waals surface area contributed by atoms with Gasteiger partial charge in [0.1, 0.15) is 5.75 Å². The summed E-state index contributed by atoms with van der Waals surface area (Å²) in [5, 5.41) is 12.4. The molecule has 0 amide bonds. The minimum Gasteiger partial charge on any atom is -0.508 e. The van der Waals surface area contributed by atoms with Gasteiger partial charge < -0.3 is 10.4 Å². The molecule has 0 aliphatic rings. The zero-order chi connectivity index (χ0) is 18.9. The van der Waals surface area contributed by atoms with Crippen molar-refractivity contribution in [2.75, 3.05) is 13.6 Å². The molecule has 0 saturated heterocycles. The number of aryl methyl sites for hydroxylation is 1. The lowest BCUT2D eigenvalue weighted by Crippen LogP contribution is -2.09. The molecule has 140 valence electrons. The molecule has 0 fully saturated rings. The van der Waals surface area contributed by atoms with Crippen molar-refractivity contribution in [2.45, 2.75) is 39.0 Å². The number of rotatable bonds is 9. The van der Waals surface area contributed by atoms with E-state index in [1.165, 1.54) is 24.0 Å². The summed E-state index contributed by atoms with van der Waals surface area (Å²) in [5.74, 6) is 0.366. The summed E-state index contributed by atoms with van der Waals surface area (Å²) in [7, 11) is 1.98. The van der Waals surface area contributed by atoms with Gasteiger partial charge in [-0.2, -0.15) is 0 Å². The van der Waals surface area contributed by atoms with E-state index in [9.17, 15) is 5.11 Å². The summed E-state index contributed by atoms with van der Waals surface area (Å²) in [5.41, 5.74) is 2.62. The Hall–Kier alpha value is -2.32. The van der Waals surface area contributed by atoms with Gasteiger partial charge in [0, 0.05) is 0 Å². The molecular formula is C24H33NO. The lowest BCUT2D eigenvalue weighted by Gasteiger charge is -2.00. The molecule has 0 heterocycles. The Bertz CT molecular complexity index is 632. The average Bonchev–Trinajstić information content (AvgIpc) is 2.67. The molecule has 2 nitrogen and oxygen atoms in total. The van der Waals surface area contributed by atoms with Gasteiger partial charge in [0.2, 0.25) is 0 Å². The van der Waals surface area contributed by atoms with Crippen molar-refractivity contribution >= 4 is 0 Å². The molecule has 2 heteroatoms. The molecule has 26 heavy (non-hydrogen) atoms. The van der Waals surface area contributed by atoms with E-state index >= 15 is 0 Å². The fourth-order valence-corrected chi connectivity index (χ4v) is 2.50. The monoisotopic (exact) mass is 351 g/mol. The minimum atomic E-state index is 0.366. The Morgan fingerprint density at radius 2 is 1.65 bits per heavy atom. The van der Waals surface area contributed by atoms with E-state index in [4.69, 9.17) is 0 Å². The highest BCUT2D eigenvalue weighted by Crippen LogP contribution is 2.13. The fourth-order valence-electron chi connectivity index (χ4n) is 2.50. The van der Waals surface area contributed by atoms with Crippen LogP contribution in [0.5, 0.6) is 5.75 Å². The molecule has 0 saturated carbocycles. The van der Waals surface area contributed by atoms with E-state index < -0.39 is 0 Å². The Kier molecular flexibility index (Phi) is 12.5. The van der Waals surface area contributed by atoms with Gasteiger partial charge in [-0.05, 0) is 75.9 Å². The highest BCUT2D eigenvalue weighted by molar-refractivity contribution is 5.27. The van der Waals surface area contributed by atoms with Gasteiger partial charge in [-0.1, -0.05) is 66.8 Å².